The quantitative estimate of drug-likeness (QED) is 0.844. The fraction of sp³-hybridized carbons (Fsp3) is 0.429. The lowest BCUT2D eigenvalue weighted by molar-refractivity contribution is -0.143. The number of nitrogens with one attached hydrogen (secondary N) is 1. The number of methoxy groups -OCH3 is 1. The van der Waals surface area contributed by atoms with E-state index in [1.165, 1.54) is 7.11 Å². The molecule has 0 aliphatic carbocycles. The van der Waals surface area contributed by atoms with E-state index in [0.29, 0.717) is 12.5 Å². The zero-order valence-corrected chi connectivity index (χ0v) is 11.6. The molecule has 1 amide bonds. The molecular weight excluding hydrogens is 268 g/mol. The van der Waals surface area contributed by atoms with E-state index in [9.17, 15) is 18.4 Å². The van der Waals surface area contributed by atoms with Crippen LogP contribution in [0.15, 0.2) is 18.2 Å². The van der Waals surface area contributed by atoms with Crippen molar-refractivity contribution in [2.75, 3.05) is 7.11 Å². The minimum absolute atomic E-state index is 0.142. The highest BCUT2D eigenvalue weighted by atomic mass is 19.1. The van der Waals surface area contributed by atoms with Gasteiger partial charge in [-0.05, 0) is 24.5 Å². The Balaban J connectivity index is 2.87. The van der Waals surface area contributed by atoms with Crippen molar-refractivity contribution >= 4 is 11.9 Å². The maximum absolute atomic E-state index is 13.0. The Kier molecular flexibility index (Phi) is 5.61. The first kappa shape index (κ1) is 16.1. The van der Waals surface area contributed by atoms with E-state index in [0.717, 1.165) is 12.1 Å². The van der Waals surface area contributed by atoms with Gasteiger partial charge in [-0.1, -0.05) is 13.8 Å². The van der Waals surface area contributed by atoms with Crippen molar-refractivity contribution in [3.63, 3.8) is 0 Å². The molecule has 0 aliphatic rings. The molecule has 0 radical (unpaired) electrons. The molecule has 1 aromatic carbocycles. The summed E-state index contributed by atoms with van der Waals surface area (Å²) in [5.41, 5.74) is -0.180. The molecule has 1 aromatic rings. The lowest BCUT2D eigenvalue weighted by Gasteiger charge is -2.18. The van der Waals surface area contributed by atoms with Crippen LogP contribution in [-0.4, -0.2) is 25.0 Å². The summed E-state index contributed by atoms with van der Waals surface area (Å²) in [6.07, 6.45) is 0.371. The van der Waals surface area contributed by atoms with Crippen LogP contribution in [0, 0.1) is 17.6 Å². The number of carbonyl (C=O) groups excluding carboxylic acids is 2. The number of ether oxygens (including phenoxy) is 1. The van der Waals surface area contributed by atoms with Crippen molar-refractivity contribution < 1.29 is 23.1 Å². The van der Waals surface area contributed by atoms with Gasteiger partial charge in [0.2, 0.25) is 0 Å². The first-order chi connectivity index (χ1) is 9.33. The van der Waals surface area contributed by atoms with Gasteiger partial charge in [0.15, 0.2) is 0 Å². The standard InChI is InChI=1S/C14H17F2NO3/c1-8(2)4-12(14(19)20-3)17-13(18)9-5-10(15)7-11(16)6-9/h5-8,12H,4H2,1-3H3,(H,17,18)/t12-/m0/s1. The van der Waals surface area contributed by atoms with E-state index in [4.69, 9.17) is 0 Å². The van der Waals surface area contributed by atoms with Gasteiger partial charge in [0.25, 0.3) is 5.91 Å². The van der Waals surface area contributed by atoms with Crippen molar-refractivity contribution in [2.24, 2.45) is 5.92 Å². The molecule has 0 unspecified atom stereocenters. The maximum Gasteiger partial charge on any atom is 0.328 e. The maximum atomic E-state index is 13.0. The van der Waals surface area contributed by atoms with Gasteiger partial charge in [-0.25, -0.2) is 13.6 Å². The van der Waals surface area contributed by atoms with Crippen LogP contribution in [0.3, 0.4) is 0 Å². The van der Waals surface area contributed by atoms with Crippen LogP contribution in [0.2, 0.25) is 0 Å². The number of carbonyl (C=O) groups is 2. The molecule has 0 heterocycles. The number of hydrogen-bond donors (Lipinski definition) is 1. The summed E-state index contributed by atoms with van der Waals surface area (Å²) in [5.74, 6) is -2.88. The van der Waals surface area contributed by atoms with Gasteiger partial charge < -0.3 is 10.1 Å². The average Bonchev–Trinajstić information content (AvgIpc) is 2.35. The van der Waals surface area contributed by atoms with Gasteiger partial charge >= 0.3 is 5.97 Å². The second-order valence-corrected chi connectivity index (χ2v) is 4.84. The van der Waals surface area contributed by atoms with Crippen molar-refractivity contribution in [1.29, 1.82) is 0 Å². The second kappa shape index (κ2) is 6.98. The van der Waals surface area contributed by atoms with Crippen LogP contribution >= 0.6 is 0 Å². The molecule has 1 atom stereocenters. The summed E-state index contributed by atoms with van der Waals surface area (Å²) < 4.78 is 30.7. The second-order valence-electron chi connectivity index (χ2n) is 4.84. The molecule has 4 nitrogen and oxygen atoms in total. The summed E-state index contributed by atoms with van der Waals surface area (Å²) in [6, 6.07) is 1.63. The fourth-order valence-corrected chi connectivity index (χ4v) is 1.75. The Labute approximate surface area is 116 Å². The van der Waals surface area contributed by atoms with Crippen LogP contribution in [0.4, 0.5) is 8.78 Å². The van der Waals surface area contributed by atoms with Gasteiger partial charge in [0.05, 0.1) is 7.11 Å². The largest absolute Gasteiger partial charge is 0.467 e. The molecule has 110 valence electrons. The number of rotatable bonds is 5. The molecule has 0 aromatic heterocycles. The van der Waals surface area contributed by atoms with E-state index < -0.39 is 29.6 Å². The fourth-order valence-electron chi connectivity index (χ4n) is 1.75. The molecule has 6 heteroatoms. The number of halogens is 2. The lowest BCUT2D eigenvalue weighted by atomic mass is 10.0. The zero-order valence-electron chi connectivity index (χ0n) is 11.6. The molecule has 0 spiro atoms. The van der Waals surface area contributed by atoms with Gasteiger partial charge in [0.1, 0.15) is 17.7 Å². The Morgan fingerprint density at radius 3 is 2.20 bits per heavy atom. The van der Waals surface area contributed by atoms with E-state index in [1.807, 2.05) is 13.8 Å². The molecule has 0 saturated carbocycles. The Morgan fingerprint density at radius 1 is 1.20 bits per heavy atom. The van der Waals surface area contributed by atoms with Crippen LogP contribution in [0.25, 0.3) is 0 Å². The SMILES string of the molecule is COC(=O)[C@H](CC(C)C)NC(=O)c1cc(F)cc(F)c1. The molecule has 0 aliphatic heterocycles. The highest BCUT2D eigenvalue weighted by molar-refractivity contribution is 5.96. The molecule has 1 rings (SSSR count). The Hall–Kier alpha value is -1.98. The molecule has 0 saturated heterocycles. The number of benzene rings is 1. The van der Waals surface area contributed by atoms with Gasteiger partial charge in [-0.15, -0.1) is 0 Å². The van der Waals surface area contributed by atoms with Gasteiger partial charge in [0, 0.05) is 11.6 Å². The monoisotopic (exact) mass is 285 g/mol. The van der Waals surface area contributed by atoms with E-state index >= 15 is 0 Å². The van der Waals surface area contributed by atoms with Gasteiger partial charge in [-0.3, -0.25) is 4.79 Å². The van der Waals surface area contributed by atoms with Crippen molar-refractivity contribution in [3.8, 4) is 0 Å². The first-order valence-corrected chi connectivity index (χ1v) is 6.18. The highest BCUT2D eigenvalue weighted by Crippen LogP contribution is 2.10. The third kappa shape index (κ3) is 4.60. The summed E-state index contributed by atoms with van der Waals surface area (Å²) in [5, 5.41) is 2.42. The zero-order chi connectivity index (χ0) is 15.3. The normalized spacial score (nSPS) is 12.1. The van der Waals surface area contributed by atoms with Crippen molar-refractivity contribution in [2.45, 2.75) is 26.3 Å². The van der Waals surface area contributed by atoms with Crippen LogP contribution in [0.5, 0.6) is 0 Å². The van der Waals surface area contributed by atoms with E-state index in [2.05, 4.69) is 10.1 Å². The lowest BCUT2D eigenvalue weighted by Crippen LogP contribution is -2.42. The third-order valence-corrected chi connectivity index (χ3v) is 2.62. The predicted octanol–water partition coefficient (Wildman–Crippen LogP) is 2.28. The molecular formula is C14H17F2NO3. The van der Waals surface area contributed by atoms with Crippen LogP contribution < -0.4 is 5.32 Å². The van der Waals surface area contributed by atoms with Crippen molar-refractivity contribution in [3.05, 3.63) is 35.4 Å². The Morgan fingerprint density at radius 2 is 1.75 bits per heavy atom. The average molecular weight is 285 g/mol. The van der Waals surface area contributed by atoms with E-state index in [1.54, 1.807) is 0 Å². The van der Waals surface area contributed by atoms with Crippen LogP contribution in [-0.2, 0) is 9.53 Å². The molecule has 0 bridgehead atoms. The van der Waals surface area contributed by atoms with E-state index in [-0.39, 0.29) is 11.5 Å². The predicted molar refractivity (Wildman–Crippen MR) is 69.1 cm³/mol. The third-order valence-electron chi connectivity index (χ3n) is 2.62. The topological polar surface area (TPSA) is 55.4 Å². The summed E-state index contributed by atoms with van der Waals surface area (Å²) >= 11 is 0. The van der Waals surface area contributed by atoms with Crippen LogP contribution in [0.1, 0.15) is 30.6 Å². The molecule has 1 N–H and O–H groups in total. The number of hydrogen-bond acceptors (Lipinski definition) is 3. The Bertz CT molecular complexity index is 483. The highest BCUT2D eigenvalue weighted by Gasteiger charge is 2.23. The summed E-state index contributed by atoms with van der Waals surface area (Å²) in [7, 11) is 1.21. The van der Waals surface area contributed by atoms with Crippen molar-refractivity contribution in [1.82, 2.24) is 5.32 Å². The molecule has 20 heavy (non-hydrogen) atoms. The summed E-state index contributed by atoms with van der Waals surface area (Å²) in [6.45, 7) is 3.76. The number of esters is 1. The van der Waals surface area contributed by atoms with Gasteiger partial charge in [-0.2, -0.15) is 0 Å². The first-order valence-electron chi connectivity index (χ1n) is 6.18. The smallest absolute Gasteiger partial charge is 0.328 e. The minimum Gasteiger partial charge on any atom is -0.467 e. The minimum atomic E-state index is -0.853. The number of amides is 1. The summed E-state index contributed by atoms with van der Waals surface area (Å²) in [4.78, 5) is 23.5. The molecule has 0 fully saturated rings.